The van der Waals surface area contributed by atoms with Crippen molar-refractivity contribution in [1.82, 2.24) is 4.90 Å². The van der Waals surface area contributed by atoms with E-state index in [9.17, 15) is 4.79 Å². The number of fused-ring (bicyclic) bond motifs is 2. The van der Waals surface area contributed by atoms with E-state index in [1.165, 1.54) is 13.0 Å². The van der Waals surface area contributed by atoms with Crippen molar-refractivity contribution in [3.63, 3.8) is 0 Å². The third-order valence-corrected chi connectivity index (χ3v) is 4.42. The van der Waals surface area contributed by atoms with Crippen LogP contribution < -0.4 is 10.1 Å². The van der Waals surface area contributed by atoms with Crippen LogP contribution in [0.15, 0.2) is 18.2 Å². The molecule has 0 aromatic heterocycles. The number of carbonyl (C=O) groups is 1. The van der Waals surface area contributed by atoms with Gasteiger partial charge in [-0.15, -0.1) is 0 Å². The zero-order chi connectivity index (χ0) is 14.1. The van der Waals surface area contributed by atoms with Gasteiger partial charge in [-0.1, -0.05) is 0 Å². The molecule has 0 aliphatic carbocycles. The van der Waals surface area contributed by atoms with Crippen LogP contribution in [0.2, 0.25) is 0 Å². The molecule has 0 spiro atoms. The second-order valence-corrected chi connectivity index (χ2v) is 5.61. The van der Waals surface area contributed by atoms with Crippen LogP contribution in [0.1, 0.15) is 23.2 Å². The Morgan fingerprint density at radius 3 is 2.95 bits per heavy atom. The monoisotopic (exact) mass is 276 g/mol. The Kier molecular flexibility index (Phi) is 3.53. The lowest BCUT2D eigenvalue weighted by molar-refractivity contribution is 0.0697. The van der Waals surface area contributed by atoms with Crippen LogP contribution in [0.3, 0.4) is 0 Å². The summed E-state index contributed by atoms with van der Waals surface area (Å²) < 4.78 is 5.34. The first-order valence-electron chi connectivity index (χ1n) is 7.07. The van der Waals surface area contributed by atoms with Crippen LogP contribution in [0.25, 0.3) is 0 Å². The number of ether oxygens (including phenoxy) is 1. The van der Waals surface area contributed by atoms with Crippen LogP contribution in [0.5, 0.6) is 5.75 Å². The largest absolute Gasteiger partial charge is 0.495 e. The highest BCUT2D eigenvalue weighted by Crippen LogP contribution is 2.33. The summed E-state index contributed by atoms with van der Waals surface area (Å²) in [7, 11) is 1.61. The van der Waals surface area contributed by atoms with E-state index in [4.69, 9.17) is 9.84 Å². The van der Waals surface area contributed by atoms with Gasteiger partial charge in [-0.2, -0.15) is 0 Å². The Bertz CT molecular complexity index is 518. The number of methoxy groups -OCH3 is 1. The molecule has 108 valence electrons. The molecule has 0 amide bonds. The van der Waals surface area contributed by atoms with E-state index < -0.39 is 5.97 Å². The Morgan fingerprint density at radius 2 is 2.20 bits per heavy atom. The van der Waals surface area contributed by atoms with Crippen molar-refractivity contribution in [1.29, 1.82) is 0 Å². The summed E-state index contributed by atoms with van der Waals surface area (Å²) in [6, 6.07) is 5.37. The van der Waals surface area contributed by atoms with Crippen LogP contribution in [0, 0.1) is 5.92 Å². The van der Waals surface area contributed by atoms with Gasteiger partial charge in [-0.05, 0) is 43.5 Å². The summed E-state index contributed by atoms with van der Waals surface area (Å²) in [5.41, 5.74) is 1.08. The van der Waals surface area contributed by atoms with E-state index in [0.717, 1.165) is 25.2 Å². The van der Waals surface area contributed by atoms with Gasteiger partial charge in [-0.3, -0.25) is 0 Å². The lowest BCUT2D eigenvalue weighted by Crippen LogP contribution is -2.39. The first kappa shape index (κ1) is 13.2. The predicted molar refractivity (Wildman–Crippen MR) is 76.5 cm³/mol. The normalized spacial score (nSPS) is 28.1. The molecule has 0 radical (unpaired) electrons. The van der Waals surface area contributed by atoms with Crippen LogP contribution in [-0.2, 0) is 0 Å². The van der Waals surface area contributed by atoms with E-state index in [2.05, 4.69) is 10.2 Å². The van der Waals surface area contributed by atoms with Gasteiger partial charge >= 0.3 is 5.97 Å². The minimum absolute atomic E-state index is 0.289. The maximum Gasteiger partial charge on any atom is 0.335 e. The number of nitrogens with zero attached hydrogens (tertiary/aromatic N) is 1. The molecule has 1 aromatic carbocycles. The number of carboxylic acids is 1. The molecule has 1 aromatic rings. The fourth-order valence-electron chi connectivity index (χ4n) is 3.30. The Balaban J connectivity index is 1.81. The molecule has 3 rings (SSSR count). The van der Waals surface area contributed by atoms with Gasteiger partial charge in [0.1, 0.15) is 5.75 Å². The van der Waals surface area contributed by atoms with Crippen molar-refractivity contribution in [3.05, 3.63) is 23.8 Å². The highest BCUT2D eigenvalue weighted by Gasteiger charge is 2.34. The highest BCUT2D eigenvalue weighted by molar-refractivity contribution is 5.89. The third-order valence-electron chi connectivity index (χ3n) is 4.42. The molecule has 2 saturated heterocycles. The van der Waals surface area contributed by atoms with Crippen molar-refractivity contribution in [2.45, 2.75) is 18.9 Å². The third kappa shape index (κ3) is 2.45. The second-order valence-electron chi connectivity index (χ2n) is 5.61. The van der Waals surface area contributed by atoms with Gasteiger partial charge in [-0.25, -0.2) is 4.79 Å². The summed E-state index contributed by atoms with van der Waals surface area (Å²) in [5.74, 6) is 0.448. The van der Waals surface area contributed by atoms with E-state index in [0.29, 0.717) is 17.7 Å². The average molecular weight is 276 g/mol. The van der Waals surface area contributed by atoms with Crippen LogP contribution >= 0.6 is 0 Å². The van der Waals surface area contributed by atoms with Crippen molar-refractivity contribution >= 4 is 11.7 Å². The summed E-state index contributed by atoms with van der Waals surface area (Å²) in [5, 5.41) is 12.6. The van der Waals surface area contributed by atoms with Crippen molar-refractivity contribution in [2.75, 3.05) is 32.1 Å². The molecular weight excluding hydrogens is 256 g/mol. The summed E-state index contributed by atoms with van der Waals surface area (Å²) in [4.78, 5) is 13.6. The Morgan fingerprint density at radius 1 is 1.40 bits per heavy atom. The van der Waals surface area contributed by atoms with Crippen molar-refractivity contribution in [2.24, 2.45) is 5.92 Å². The zero-order valence-electron chi connectivity index (χ0n) is 11.6. The molecule has 2 aliphatic heterocycles. The zero-order valence-corrected chi connectivity index (χ0v) is 11.6. The average Bonchev–Trinajstić information content (AvgIpc) is 2.84. The summed E-state index contributed by atoms with van der Waals surface area (Å²) in [6.07, 6.45) is 2.32. The molecule has 2 N–H and O–H groups in total. The van der Waals surface area contributed by atoms with Gasteiger partial charge < -0.3 is 20.1 Å². The number of nitrogens with one attached hydrogen (secondary N) is 1. The quantitative estimate of drug-likeness (QED) is 0.879. The molecule has 5 nitrogen and oxygen atoms in total. The van der Waals surface area contributed by atoms with Gasteiger partial charge in [0.15, 0.2) is 0 Å². The molecule has 2 aliphatic rings. The summed E-state index contributed by atoms with van der Waals surface area (Å²) in [6.45, 7) is 3.46. The second kappa shape index (κ2) is 5.32. The minimum Gasteiger partial charge on any atom is -0.495 e. The smallest absolute Gasteiger partial charge is 0.335 e. The van der Waals surface area contributed by atoms with Crippen LogP contribution in [0.4, 0.5) is 5.69 Å². The van der Waals surface area contributed by atoms with E-state index in [1.807, 2.05) is 0 Å². The van der Waals surface area contributed by atoms with Gasteiger partial charge in [0.05, 0.1) is 18.4 Å². The number of carboxylic acid groups (broad SMARTS) is 1. The molecule has 2 fully saturated rings. The predicted octanol–water partition coefficient (Wildman–Crippen LogP) is 1.90. The number of hydrogen-bond donors (Lipinski definition) is 2. The van der Waals surface area contributed by atoms with E-state index in [-0.39, 0.29) is 5.56 Å². The number of rotatable bonds is 4. The molecule has 5 heteroatoms. The molecule has 0 saturated carbocycles. The molecule has 3 unspecified atom stereocenters. The van der Waals surface area contributed by atoms with Crippen LogP contribution in [-0.4, -0.2) is 48.8 Å². The minimum atomic E-state index is -0.911. The highest BCUT2D eigenvalue weighted by atomic mass is 16.5. The standard InChI is InChI=1S/C15H20N2O3/c1-20-14-3-2-10(15(18)19)8-13(14)16-12-5-7-17-6-4-11(12)9-17/h2-3,8,11-12,16H,4-7,9H2,1H3,(H,18,19). The molecule has 20 heavy (non-hydrogen) atoms. The number of hydrogen-bond acceptors (Lipinski definition) is 4. The number of anilines is 1. The van der Waals surface area contributed by atoms with Crippen molar-refractivity contribution in [3.8, 4) is 5.75 Å². The number of benzene rings is 1. The maximum atomic E-state index is 11.1. The van der Waals surface area contributed by atoms with Gasteiger partial charge in [0, 0.05) is 19.1 Å². The van der Waals surface area contributed by atoms with Gasteiger partial charge in [0.2, 0.25) is 0 Å². The molecular formula is C15H20N2O3. The first-order valence-corrected chi connectivity index (χ1v) is 7.07. The molecule has 2 heterocycles. The molecule has 3 atom stereocenters. The van der Waals surface area contributed by atoms with E-state index in [1.54, 1.807) is 25.3 Å². The topological polar surface area (TPSA) is 61.8 Å². The first-order chi connectivity index (χ1) is 9.67. The number of piperidine rings is 1. The molecule has 2 bridgehead atoms. The number of aromatic carboxylic acids is 1. The van der Waals surface area contributed by atoms with Gasteiger partial charge in [0.25, 0.3) is 0 Å². The lowest BCUT2D eigenvalue weighted by atomic mass is 9.94. The lowest BCUT2D eigenvalue weighted by Gasteiger charge is -2.32. The van der Waals surface area contributed by atoms with E-state index >= 15 is 0 Å². The van der Waals surface area contributed by atoms with Crippen molar-refractivity contribution < 1.29 is 14.6 Å². The Hall–Kier alpha value is -1.75. The maximum absolute atomic E-state index is 11.1. The SMILES string of the molecule is COc1ccc(C(=O)O)cc1NC1CCN2CCC1C2. The Labute approximate surface area is 118 Å². The summed E-state index contributed by atoms with van der Waals surface area (Å²) >= 11 is 0. The fourth-order valence-corrected chi connectivity index (χ4v) is 3.30. The fraction of sp³-hybridized carbons (Fsp3) is 0.533.